The van der Waals surface area contributed by atoms with E-state index >= 15 is 0 Å². The Balaban J connectivity index is 1.74. The van der Waals surface area contributed by atoms with Gasteiger partial charge in [-0.3, -0.25) is 4.79 Å². The molecule has 2 bridgehead atoms. The van der Waals surface area contributed by atoms with Crippen LogP contribution in [0.3, 0.4) is 0 Å². The van der Waals surface area contributed by atoms with Gasteiger partial charge in [0.2, 0.25) is 15.9 Å². The van der Waals surface area contributed by atoms with Crippen molar-refractivity contribution in [3.05, 3.63) is 54.1 Å². The minimum atomic E-state index is -3.53. The van der Waals surface area contributed by atoms with E-state index in [9.17, 15) is 13.2 Å². The van der Waals surface area contributed by atoms with Crippen molar-refractivity contribution >= 4 is 21.6 Å². The molecule has 0 saturated carbocycles. The molecule has 7 nitrogen and oxygen atoms in total. The van der Waals surface area contributed by atoms with E-state index < -0.39 is 16.1 Å². The summed E-state index contributed by atoms with van der Waals surface area (Å²) in [6.45, 7) is 0.488. The highest BCUT2D eigenvalue weighted by Gasteiger charge is 2.46. The van der Waals surface area contributed by atoms with Gasteiger partial charge in [0.1, 0.15) is 23.6 Å². The van der Waals surface area contributed by atoms with Crippen LogP contribution in [-0.4, -0.2) is 50.7 Å². The van der Waals surface area contributed by atoms with Gasteiger partial charge in [-0.15, -0.1) is 0 Å². The Morgan fingerprint density at radius 1 is 1.14 bits per heavy atom. The zero-order chi connectivity index (χ0) is 19.9. The van der Waals surface area contributed by atoms with E-state index in [1.807, 2.05) is 48.5 Å². The molecular formula is C20H22N2O5S. The number of para-hydroxylation sites is 2. The van der Waals surface area contributed by atoms with Crippen LogP contribution in [-0.2, 0) is 21.4 Å². The normalized spacial score (nSPS) is 22.2. The van der Waals surface area contributed by atoms with Crippen LogP contribution < -0.4 is 14.4 Å². The molecular weight excluding hydrogens is 380 g/mol. The van der Waals surface area contributed by atoms with E-state index in [1.165, 1.54) is 4.31 Å². The number of amides is 1. The van der Waals surface area contributed by atoms with Gasteiger partial charge >= 0.3 is 0 Å². The highest BCUT2D eigenvalue weighted by molar-refractivity contribution is 7.88. The average molecular weight is 402 g/mol. The number of sulfonamides is 1. The lowest BCUT2D eigenvalue weighted by atomic mass is 10.1. The Hall–Kier alpha value is -2.58. The lowest BCUT2D eigenvalue weighted by Crippen LogP contribution is -2.47. The summed E-state index contributed by atoms with van der Waals surface area (Å²) in [6, 6.07) is 14.0. The van der Waals surface area contributed by atoms with Crippen LogP contribution in [0, 0.1) is 0 Å². The highest BCUT2D eigenvalue weighted by atomic mass is 32.2. The van der Waals surface area contributed by atoms with Crippen molar-refractivity contribution in [3.63, 3.8) is 0 Å². The molecule has 2 aliphatic rings. The second-order valence-electron chi connectivity index (χ2n) is 7.06. The Kier molecular flexibility index (Phi) is 4.76. The molecule has 0 aromatic heterocycles. The summed E-state index contributed by atoms with van der Waals surface area (Å²) >= 11 is 0. The van der Waals surface area contributed by atoms with Crippen molar-refractivity contribution in [2.75, 3.05) is 24.8 Å². The third-order valence-electron chi connectivity index (χ3n) is 5.14. The first-order valence-corrected chi connectivity index (χ1v) is 10.9. The van der Waals surface area contributed by atoms with Crippen LogP contribution in [0.5, 0.6) is 11.5 Å². The number of hydrogen-bond donors (Lipinski definition) is 0. The predicted molar refractivity (Wildman–Crippen MR) is 105 cm³/mol. The Morgan fingerprint density at radius 2 is 1.86 bits per heavy atom. The summed E-state index contributed by atoms with van der Waals surface area (Å²) in [5, 5.41) is 0. The van der Waals surface area contributed by atoms with Crippen molar-refractivity contribution in [2.45, 2.75) is 25.1 Å². The zero-order valence-electron chi connectivity index (χ0n) is 15.7. The summed E-state index contributed by atoms with van der Waals surface area (Å²) in [5.41, 5.74) is 1.55. The fraction of sp³-hybridized carbons (Fsp3) is 0.350. The second kappa shape index (κ2) is 7.10. The third kappa shape index (κ3) is 3.45. The van der Waals surface area contributed by atoms with Crippen molar-refractivity contribution < 1.29 is 22.7 Å². The fourth-order valence-electron chi connectivity index (χ4n) is 3.78. The molecule has 148 valence electrons. The molecule has 0 spiro atoms. The lowest BCUT2D eigenvalue weighted by Gasteiger charge is -2.31. The minimum Gasteiger partial charge on any atom is -0.497 e. The Morgan fingerprint density at radius 3 is 2.54 bits per heavy atom. The Labute approximate surface area is 164 Å². The highest BCUT2D eigenvalue weighted by Crippen LogP contribution is 2.37. The predicted octanol–water partition coefficient (Wildman–Crippen LogP) is 2.02. The smallest absolute Gasteiger partial charge is 0.246 e. The number of benzene rings is 2. The number of carbonyl (C=O) groups excluding carboxylic acids is 1. The zero-order valence-corrected chi connectivity index (χ0v) is 16.6. The van der Waals surface area contributed by atoms with Crippen LogP contribution in [0.1, 0.15) is 12.0 Å². The van der Waals surface area contributed by atoms with Crippen LogP contribution in [0.15, 0.2) is 48.5 Å². The maximum atomic E-state index is 13.4. The fourth-order valence-corrected chi connectivity index (χ4v) is 4.86. The van der Waals surface area contributed by atoms with E-state index in [2.05, 4.69) is 0 Å². The van der Waals surface area contributed by atoms with Crippen LogP contribution in [0.2, 0.25) is 0 Å². The van der Waals surface area contributed by atoms with E-state index in [1.54, 1.807) is 12.0 Å². The molecule has 2 atom stereocenters. The molecule has 28 heavy (non-hydrogen) atoms. The molecule has 0 unspecified atom stereocenters. The standard InChI is InChI=1S/C20H22N2O5S/c1-26-15-9-7-14(8-10-15)12-21-17-5-3-4-6-19(17)27-16-11-18(20(21)23)22(13-16)28(2,24)25/h3-10,16,18H,11-13H2,1-2H3/t16-,18-/m0/s1. The maximum Gasteiger partial charge on any atom is 0.246 e. The number of anilines is 1. The van der Waals surface area contributed by atoms with Gasteiger partial charge < -0.3 is 14.4 Å². The molecule has 0 radical (unpaired) electrons. The molecule has 4 rings (SSSR count). The van der Waals surface area contributed by atoms with Crippen molar-refractivity contribution in [1.29, 1.82) is 0 Å². The average Bonchev–Trinajstić information content (AvgIpc) is 3.11. The van der Waals surface area contributed by atoms with Crippen molar-refractivity contribution in [1.82, 2.24) is 4.31 Å². The molecule has 2 aromatic rings. The number of ether oxygens (including phenoxy) is 2. The van der Waals surface area contributed by atoms with Gasteiger partial charge in [-0.05, 0) is 29.8 Å². The topological polar surface area (TPSA) is 76.2 Å². The molecule has 1 fully saturated rings. The first-order chi connectivity index (χ1) is 13.4. The van der Waals surface area contributed by atoms with E-state index in [-0.39, 0.29) is 18.6 Å². The van der Waals surface area contributed by atoms with E-state index in [4.69, 9.17) is 9.47 Å². The monoisotopic (exact) mass is 402 g/mol. The Bertz CT molecular complexity index is 990. The lowest BCUT2D eigenvalue weighted by molar-refractivity contribution is -0.122. The van der Waals surface area contributed by atoms with Gasteiger partial charge in [0, 0.05) is 6.42 Å². The van der Waals surface area contributed by atoms with Gasteiger partial charge in [-0.2, -0.15) is 4.31 Å². The molecule has 0 aliphatic carbocycles. The molecule has 8 heteroatoms. The number of methoxy groups -OCH3 is 1. The number of rotatable bonds is 4. The van der Waals surface area contributed by atoms with Gasteiger partial charge in [0.15, 0.2) is 0 Å². The molecule has 1 amide bonds. The molecule has 2 heterocycles. The maximum absolute atomic E-state index is 13.4. The van der Waals surface area contributed by atoms with E-state index in [0.29, 0.717) is 24.4 Å². The molecule has 1 saturated heterocycles. The van der Waals surface area contributed by atoms with Crippen LogP contribution in [0.25, 0.3) is 0 Å². The third-order valence-corrected chi connectivity index (χ3v) is 6.40. The quantitative estimate of drug-likeness (QED) is 0.782. The summed E-state index contributed by atoms with van der Waals surface area (Å²) < 4.78 is 37.0. The number of nitrogens with zero attached hydrogens (tertiary/aromatic N) is 2. The summed E-state index contributed by atoms with van der Waals surface area (Å²) in [6.07, 6.45) is 1.14. The number of fused-ring (bicyclic) bond motifs is 3. The van der Waals surface area contributed by atoms with Crippen LogP contribution >= 0.6 is 0 Å². The SMILES string of the molecule is COc1ccc(CN2C(=O)[C@@H]3C[C@@H](CN3S(C)(=O)=O)Oc3ccccc32)cc1. The van der Waals surface area contributed by atoms with Gasteiger partial charge in [0.25, 0.3) is 0 Å². The first-order valence-electron chi connectivity index (χ1n) is 9.03. The second-order valence-corrected chi connectivity index (χ2v) is 9.00. The molecule has 0 N–H and O–H groups in total. The summed E-state index contributed by atoms with van der Waals surface area (Å²) in [5.74, 6) is 1.08. The van der Waals surface area contributed by atoms with Gasteiger partial charge in [-0.25, -0.2) is 8.42 Å². The minimum absolute atomic E-state index is 0.181. The summed E-state index contributed by atoms with van der Waals surface area (Å²) in [4.78, 5) is 15.1. The van der Waals surface area contributed by atoms with Gasteiger partial charge in [0.05, 0.1) is 32.1 Å². The van der Waals surface area contributed by atoms with Gasteiger partial charge in [-0.1, -0.05) is 24.3 Å². The number of carbonyl (C=O) groups is 1. The van der Waals surface area contributed by atoms with Crippen LogP contribution in [0.4, 0.5) is 5.69 Å². The molecule has 2 aromatic carbocycles. The largest absolute Gasteiger partial charge is 0.497 e. The number of hydrogen-bond acceptors (Lipinski definition) is 5. The summed E-state index contributed by atoms with van der Waals surface area (Å²) in [7, 11) is -1.93. The van der Waals surface area contributed by atoms with Crippen molar-refractivity contribution in [3.8, 4) is 11.5 Å². The first kappa shape index (κ1) is 18.8. The van der Waals surface area contributed by atoms with Crippen molar-refractivity contribution in [2.24, 2.45) is 0 Å². The molecule has 2 aliphatic heterocycles. The van der Waals surface area contributed by atoms with E-state index in [0.717, 1.165) is 17.6 Å².